The van der Waals surface area contributed by atoms with Gasteiger partial charge in [0.05, 0.1) is 25.5 Å². The van der Waals surface area contributed by atoms with Crippen LogP contribution in [0, 0.1) is 0 Å². The summed E-state index contributed by atoms with van der Waals surface area (Å²) in [6.07, 6.45) is 1.22. The number of rotatable bonds is 10. The first kappa shape index (κ1) is 20.2. The molecule has 0 aromatic heterocycles. The Kier molecular flexibility index (Phi) is 7.87. The molecule has 1 aliphatic heterocycles. The van der Waals surface area contributed by atoms with Crippen molar-refractivity contribution in [2.45, 2.75) is 44.8 Å². The number of nitrogens with zero attached hydrogens (tertiary/aromatic N) is 1. The van der Waals surface area contributed by atoms with E-state index in [9.17, 15) is 9.59 Å². The molecule has 1 aromatic carbocycles. The minimum Gasteiger partial charge on any atom is -0.494 e. The van der Waals surface area contributed by atoms with Crippen LogP contribution in [-0.4, -0.2) is 54.2 Å². The number of carbonyl (C=O) groups is 2. The zero-order valence-electron chi connectivity index (χ0n) is 15.2. The summed E-state index contributed by atoms with van der Waals surface area (Å²) in [5.41, 5.74) is 7.14. The fourth-order valence-electron chi connectivity index (χ4n) is 3.12. The SMILES string of the molecule is CCOc1cccc([C@@H](OC(=O)CCC(=O)O)[C@H](N)CN2CCCC2)c1. The van der Waals surface area contributed by atoms with Gasteiger partial charge in [-0.2, -0.15) is 0 Å². The summed E-state index contributed by atoms with van der Waals surface area (Å²) in [5.74, 6) is -0.903. The van der Waals surface area contributed by atoms with Crippen molar-refractivity contribution in [3.63, 3.8) is 0 Å². The van der Waals surface area contributed by atoms with Gasteiger partial charge in [-0.15, -0.1) is 0 Å². The van der Waals surface area contributed by atoms with E-state index in [1.165, 1.54) is 0 Å². The van der Waals surface area contributed by atoms with Crippen LogP contribution in [0.4, 0.5) is 0 Å². The van der Waals surface area contributed by atoms with E-state index in [0.717, 1.165) is 31.5 Å². The number of nitrogens with two attached hydrogens (primary N) is 1. The molecule has 2 atom stereocenters. The van der Waals surface area contributed by atoms with Gasteiger partial charge in [-0.3, -0.25) is 9.59 Å². The van der Waals surface area contributed by atoms with Gasteiger partial charge in [0.1, 0.15) is 11.9 Å². The van der Waals surface area contributed by atoms with Crippen LogP contribution in [0.2, 0.25) is 0 Å². The molecule has 0 bridgehead atoms. The first-order valence-corrected chi connectivity index (χ1v) is 9.11. The van der Waals surface area contributed by atoms with Gasteiger partial charge < -0.3 is 25.2 Å². The lowest BCUT2D eigenvalue weighted by Crippen LogP contribution is -2.41. The lowest BCUT2D eigenvalue weighted by Gasteiger charge is -2.28. The standard InChI is InChI=1S/C19H28N2O5/c1-2-25-15-7-5-6-14(12-15)19(26-18(24)9-8-17(22)23)16(20)13-21-10-3-4-11-21/h5-7,12,16,19H,2-4,8-11,13,20H2,1H3,(H,22,23)/t16-,19-/m1/s1. The van der Waals surface area contributed by atoms with E-state index in [2.05, 4.69) is 4.90 Å². The Morgan fingerprint density at radius 1 is 1.27 bits per heavy atom. The van der Waals surface area contributed by atoms with E-state index >= 15 is 0 Å². The molecule has 144 valence electrons. The van der Waals surface area contributed by atoms with E-state index in [-0.39, 0.29) is 12.8 Å². The fraction of sp³-hybridized carbons (Fsp3) is 0.579. The van der Waals surface area contributed by atoms with E-state index < -0.39 is 24.1 Å². The summed E-state index contributed by atoms with van der Waals surface area (Å²) in [5, 5.41) is 8.75. The Balaban J connectivity index is 2.12. The summed E-state index contributed by atoms with van der Waals surface area (Å²) >= 11 is 0. The molecule has 7 heteroatoms. The van der Waals surface area contributed by atoms with Crippen molar-refractivity contribution in [3.8, 4) is 5.75 Å². The van der Waals surface area contributed by atoms with Crippen molar-refractivity contribution >= 4 is 11.9 Å². The highest BCUT2D eigenvalue weighted by molar-refractivity contribution is 5.76. The second kappa shape index (κ2) is 10.1. The molecular formula is C19H28N2O5. The Hall–Kier alpha value is -2.12. The summed E-state index contributed by atoms with van der Waals surface area (Å²) < 4.78 is 11.1. The maximum absolute atomic E-state index is 12.1. The molecule has 7 nitrogen and oxygen atoms in total. The molecule has 0 amide bonds. The van der Waals surface area contributed by atoms with Gasteiger partial charge in [0, 0.05) is 6.54 Å². The molecule has 3 N–H and O–H groups in total. The highest BCUT2D eigenvalue weighted by atomic mass is 16.5. The number of hydrogen-bond acceptors (Lipinski definition) is 6. The summed E-state index contributed by atoms with van der Waals surface area (Å²) in [7, 11) is 0. The quantitative estimate of drug-likeness (QED) is 0.612. The van der Waals surface area contributed by atoms with Crippen LogP contribution in [0.3, 0.4) is 0 Å². The van der Waals surface area contributed by atoms with Crippen molar-refractivity contribution in [2.75, 3.05) is 26.2 Å². The molecular weight excluding hydrogens is 336 g/mol. The van der Waals surface area contributed by atoms with Gasteiger partial charge in [0.15, 0.2) is 0 Å². The largest absolute Gasteiger partial charge is 0.494 e. The highest BCUT2D eigenvalue weighted by Gasteiger charge is 2.27. The van der Waals surface area contributed by atoms with Crippen LogP contribution in [-0.2, 0) is 14.3 Å². The second-order valence-electron chi connectivity index (χ2n) is 6.48. The van der Waals surface area contributed by atoms with Crippen molar-refractivity contribution in [1.82, 2.24) is 4.90 Å². The van der Waals surface area contributed by atoms with Crippen molar-refractivity contribution < 1.29 is 24.2 Å². The predicted molar refractivity (Wildman–Crippen MR) is 97.0 cm³/mol. The topological polar surface area (TPSA) is 102 Å². The van der Waals surface area contributed by atoms with Crippen molar-refractivity contribution in [2.24, 2.45) is 5.73 Å². The lowest BCUT2D eigenvalue weighted by molar-refractivity contribution is -0.153. The van der Waals surface area contributed by atoms with Crippen LogP contribution in [0.1, 0.15) is 44.3 Å². The van der Waals surface area contributed by atoms with Gasteiger partial charge in [-0.05, 0) is 50.6 Å². The summed E-state index contributed by atoms with van der Waals surface area (Å²) in [6, 6.07) is 6.94. The second-order valence-corrected chi connectivity index (χ2v) is 6.48. The van der Waals surface area contributed by atoms with Crippen LogP contribution in [0.25, 0.3) is 0 Å². The molecule has 1 heterocycles. The Morgan fingerprint density at radius 3 is 2.65 bits per heavy atom. The number of carboxylic acid groups (broad SMARTS) is 1. The predicted octanol–water partition coefficient (Wildman–Crippen LogP) is 1.96. The minimum atomic E-state index is -1.03. The van der Waals surface area contributed by atoms with Crippen LogP contribution in [0.5, 0.6) is 5.75 Å². The number of aliphatic carboxylic acids is 1. The van der Waals surface area contributed by atoms with Gasteiger partial charge >= 0.3 is 11.9 Å². The Labute approximate surface area is 154 Å². The zero-order chi connectivity index (χ0) is 18.9. The van der Waals surface area contributed by atoms with Crippen LogP contribution >= 0.6 is 0 Å². The van der Waals surface area contributed by atoms with Gasteiger partial charge in [-0.1, -0.05) is 12.1 Å². The molecule has 1 aromatic rings. The number of esters is 1. The molecule has 1 aliphatic rings. The zero-order valence-corrected chi connectivity index (χ0v) is 15.2. The molecule has 0 aliphatic carbocycles. The molecule has 26 heavy (non-hydrogen) atoms. The molecule has 1 fully saturated rings. The van der Waals surface area contributed by atoms with E-state index in [4.69, 9.17) is 20.3 Å². The Morgan fingerprint density at radius 2 is 2.00 bits per heavy atom. The third-order valence-electron chi connectivity index (χ3n) is 4.36. The van der Waals surface area contributed by atoms with E-state index in [0.29, 0.717) is 18.9 Å². The summed E-state index contributed by atoms with van der Waals surface area (Å²) in [4.78, 5) is 25.0. The minimum absolute atomic E-state index is 0.173. The third-order valence-corrected chi connectivity index (χ3v) is 4.36. The smallest absolute Gasteiger partial charge is 0.307 e. The van der Waals surface area contributed by atoms with Crippen LogP contribution < -0.4 is 10.5 Å². The van der Waals surface area contributed by atoms with Crippen molar-refractivity contribution in [1.29, 1.82) is 0 Å². The summed E-state index contributed by atoms with van der Waals surface area (Å²) in [6.45, 7) is 5.04. The van der Waals surface area contributed by atoms with E-state index in [1.54, 1.807) is 0 Å². The van der Waals surface area contributed by atoms with Gasteiger partial charge in [-0.25, -0.2) is 0 Å². The Bertz CT molecular complexity index is 601. The third kappa shape index (κ3) is 6.31. The molecule has 0 saturated carbocycles. The first-order chi connectivity index (χ1) is 12.5. The number of ether oxygens (including phenoxy) is 2. The number of carbonyl (C=O) groups excluding carboxylic acids is 1. The normalized spacial score (nSPS) is 16.8. The average Bonchev–Trinajstić information content (AvgIpc) is 3.11. The number of likely N-dealkylation sites (tertiary alicyclic amines) is 1. The van der Waals surface area contributed by atoms with E-state index in [1.807, 2.05) is 31.2 Å². The molecule has 1 saturated heterocycles. The average molecular weight is 364 g/mol. The number of benzene rings is 1. The number of hydrogen-bond donors (Lipinski definition) is 2. The lowest BCUT2D eigenvalue weighted by atomic mass is 10.0. The van der Waals surface area contributed by atoms with Crippen LogP contribution in [0.15, 0.2) is 24.3 Å². The monoisotopic (exact) mass is 364 g/mol. The van der Waals surface area contributed by atoms with Gasteiger partial charge in [0.25, 0.3) is 0 Å². The van der Waals surface area contributed by atoms with Gasteiger partial charge in [0.2, 0.25) is 0 Å². The first-order valence-electron chi connectivity index (χ1n) is 9.11. The fourth-order valence-corrected chi connectivity index (χ4v) is 3.12. The molecule has 0 unspecified atom stereocenters. The highest BCUT2D eigenvalue weighted by Crippen LogP contribution is 2.26. The molecule has 2 rings (SSSR count). The maximum atomic E-state index is 12.1. The maximum Gasteiger partial charge on any atom is 0.307 e. The molecule has 0 spiro atoms. The molecule has 0 radical (unpaired) electrons. The van der Waals surface area contributed by atoms with Crippen molar-refractivity contribution in [3.05, 3.63) is 29.8 Å². The number of carboxylic acids is 1.